The highest BCUT2D eigenvalue weighted by atomic mass is 32.2. The SMILES string of the molecule is O=C(N[C@@H]1CCCOC1)c1cc(C2CCN(S(=O)(=O)CCc3ccncc3)CC2)no1. The number of amides is 1. The Morgan fingerprint density at radius 1 is 1.19 bits per heavy atom. The Morgan fingerprint density at radius 3 is 2.68 bits per heavy atom. The third-order valence-electron chi connectivity index (χ3n) is 5.91. The van der Waals surface area contributed by atoms with E-state index in [1.165, 1.54) is 0 Å². The largest absolute Gasteiger partial charge is 0.379 e. The van der Waals surface area contributed by atoms with Crippen LogP contribution in [0.15, 0.2) is 35.1 Å². The monoisotopic (exact) mass is 448 g/mol. The van der Waals surface area contributed by atoms with Gasteiger partial charge < -0.3 is 14.6 Å². The summed E-state index contributed by atoms with van der Waals surface area (Å²) in [5.41, 5.74) is 1.67. The number of hydrogen-bond donors (Lipinski definition) is 1. The Bertz CT molecular complexity index is 965. The van der Waals surface area contributed by atoms with Crippen LogP contribution in [0.4, 0.5) is 0 Å². The molecule has 1 amide bonds. The lowest BCUT2D eigenvalue weighted by Crippen LogP contribution is -2.40. The summed E-state index contributed by atoms with van der Waals surface area (Å²) in [6.45, 7) is 2.13. The first kappa shape index (κ1) is 21.9. The van der Waals surface area contributed by atoms with Crippen molar-refractivity contribution in [3.63, 3.8) is 0 Å². The fourth-order valence-electron chi connectivity index (χ4n) is 4.05. The van der Waals surface area contributed by atoms with E-state index < -0.39 is 10.0 Å². The smallest absolute Gasteiger partial charge is 0.290 e. The second-order valence-corrected chi connectivity index (χ2v) is 10.2. The average Bonchev–Trinajstić information content (AvgIpc) is 3.30. The lowest BCUT2D eigenvalue weighted by atomic mass is 9.94. The third kappa shape index (κ3) is 5.69. The van der Waals surface area contributed by atoms with Crippen molar-refractivity contribution in [3.8, 4) is 0 Å². The van der Waals surface area contributed by atoms with Crippen LogP contribution in [0.3, 0.4) is 0 Å². The van der Waals surface area contributed by atoms with Gasteiger partial charge in [-0.2, -0.15) is 0 Å². The number of pyridine rings is 1. The second-order valence-electron chi connectivity index (χ2n) is 8.10. The van der Waals surface area contributed by atoms with Gasteiger partial charge in [-0.3, -0.25) is 9.78 Å². The predicted octanol–water partition coefficient (Wildman–Crippen LogP) is 1.73. The number of aryl methyl sites for hydroxylation is 1. The van der Waals surface area contributed by atoms with E-state index in [4.69, 9.17) is 9.26 Å². The maximum absolute atomic E-state index is 12.7. The highest BCUT2D eigenvalue weighted by Crippen LogP contribution is 2.29. The Hall–Kier alpha value is -2.30. The maximum atomic E-state index is 12.7. The van der Waals surface area contributed by atoms with Crippen molar-refractivity contribution < 1.29 is 22.5 Å². The summed E-state index contributed by atoms with van der Waals surface area (Å²) in [6, 6.07) is 5.34. The van der Waals surface area contributed by atoms with Gasteiger partial charge in [0.25, 0.3) is 5.91 Å². The molecule has 2 aliphatic heterocycles. The van der Waals surface area contributed by atoms with Gasteiger partial charge in [-0.1, -0.05) is 5.16 Å². The molecule has 0 aromatic carbocycles. The van der Waals surface area contributed by atoms with Gasteiger partial charge >= 0.3 is 0 Å². The molecule has 31 heavy (non-hydrogen) atoms. The number of sulfonamides is 1. The fourth-order valence-corrected chi connectivity index (χ4v) is 5.57. The summed E-state index contributed by atoms with van der Waals surface area (Å²) in [4.78, 5) is 16.3. The molecule has 4 heterocycles. The van der Waals surface area contributed by atoms with Gasteiger partial charge in [0.1, 0.15) is 0 Å². The minimum atomic E-state index is -3.32. The number of rotatable bonds is 7. The highest BCUT2D eigenvalue weighted by Gasteiger charge is 2.30. The summed E-state index contributed by atoms with van der Waals surface area (Å²) in [7, 11) is -3.32. The van der Waals surface area contributed by atoms with Crippen molar-refractivity contribution in [1.82, 2.24) is 19.8 Å². The van der Waals surface area contributed by atoms with Crippen molar-refractivity contribution in [2.75, 3.05) is 32.1 Å². The van der Waals surface area contributed by atoms with Crippen molar-refractivity contribution in [1.29, 1.82) is 0 Å². The molecule has 0 saturated carbocycles. The number of aromatic nitrogens is 2. The number of hydrogen-bond acceptors (Lipinski definition) is 7. The van der Waals surface area contributed by atoms with Crippen LogP contribution in [0.2, 0.25) is 0 Å². The molecule has 168 valence electrons. The molecule has 1 atom stereocenters. The van der Waals surface area contributed by atoms with Gasteiger partial charge in [-0.25, -0.2) is 12.7 Å². The molecule has 9 nitrogen and oxygen atoms in total. The molecule has 2 aliphatic rings. The molecule has 2 fully saturated rings. The van der Waals surface area contributed by atoms with Gasteiger partial charge in [0, 0.05) is 44.1 Å². The van der Waals surface area contributed by atoms with Gasteiger partial charge in [-0.05, 0) is 49.8 Å². The Balaban J connectivity index is 1.28. The predicted molar refractivity (Wildman–Crippen MR) is 113 cm³/mol. The van der Waals surface area contributed by atoms with E-state index in [0.717, 1.165) is 25.0 Å². The van der Waals surface area contributed by atoms with Crippen LogP contribution in [0, 0.1) is 0 Å². The topological polar surface area (TPSA) is 115 Å². The molecule has 2 aromatic rings. The van der Waals surface area contributed by atoms with Crippen LogP contribution in [0.1, 0.15) is 53.4 Å². The van der Waals surface area contributed by atoms with Gasteiger partial charge in [0.2, 0.25) is 15.8 Å². The lowest BCUT2D eigenvalue weighted by Gasteiger charge is -2.30. The molecule has 0 bridgehead atoms. The molecule has 2 aromatic heterocycles. The molecule has 10 heteroatoms. The number of carbonyl (C=O) groups excluding carboxylic acids is 1. The average molecular weight is 449 g/mol. The number of ether oxygens (including phenoxy) is 1. The van der Waals surface area contributed by atoms with Gasteiger partial charge in [0.15, 0.2) is 0 Å². The standard InChI is InChI=1S/C21H28N4O5S/c26-21(23-18-2-1-12-29-15-18)20-14-19(24-30-20)17-5-10-25(11-6-17)31(27,28)13-7-16-3-8-22-9-4-16/h3-4,8-9,14,17-18H,1-2,5-7,10-13,15H2,(H,23,26)/t18-/m1/s1. The quantitative estimate of drug-likeness (QED) is 0.686. The first-order valence-corrected chi connectivity index (χ1v) is 12.3. The van der Waals surface area contributed by atoms with E-state index >= 15 is 0 Å². The van der Waals surface area contributed by atoms with Gasteiger partial charge in [-0.15, -0.1) is 0 Å². The molecule has 0 aliphatic carbocycles. The van der Waals surface area contributed by atoms with E-state index in [-0.39, 0.29) is 29.4 Å². The molecular formula is C21H28N4O5S. The summed E-state index contributed by atoms with van der Waals surface area (Å²) >= 11 is 0. The molecular weight excluding hydrogens is 420 g/mol. The lowest BCUT2D eigenvalue weighted by molar-refractivity contribution is 0.0608. The van der Waals surface area contributed by atoms with E-state index in [2.05, 4.69) is 15.5 Å². The second kappa shape index (κ2) is 9.88. The number of carbonyl (C=O) groups is 1. The normalized spacial score (nSPS) is 21.1. The van der Waals surface area contributed by atoms with Crippen molar-refractivity contribution >= 4 is 15.9 Å². The first-order chi connectivity index (χ1) is 15.0. The summed E-state index contributed by atoms with van der Waals surface area (Å²) in [5, 5.41) is 6.99. The number of nitrogens with zero attached hydrogens (tertiary/aromatic N) is 3. The Morgan fingerprint density at radius 2 is 1.97 bits per heavy atom. The minimum absolute atomic E-state index is 0.00426. The van der Waals surface area contributed by atoms with Crippen LogP contribution in [-0.2, 0) is 21.2 Å². The molecule has 0 radical (unpaired) electrons. The molecule has 4 rings (SSSR count). The highest BCUT2D eigenvalue weighted by molar-refractivity contribution is 7.89. The van der Waals surface area contributed by atoms with Crippen LogP contribution < -0.4 is 5.32 Å². The van der Waals surface area contributed by atoms with E-state index in [1.54, 1.807) is 22.8 Å². The van der Waals surface area contributed by atoms with Crippen LogP contribution in [0.25, 0.3) is 0 Å². The van der Waals surface area contributed by atoms with Crippen molar-refractivity contribution in [2.24, 2.45) is 0 Å². The number of nitrogens with one attached hydrogen (secondary N) is 1. The number of piperidine rings is 1. The summed E-state index contributed by atoms with van der Waals surface area (Å²) in [5.74, 6) is 0.0641. The van der Waals surface area contributed by atoms with E-state index in [0.29, 0.717) is 44.7 Å². The Labute approximate surface area is 182 Å². The van der Waals surface area contributed by atoms with Gasteiger partial charge in [0.05, 0.1) is 24.1 Å². The minimum Gasteiger partial charge on any atom is -0.379 e. The van der Waals surface area contributed by atoms with Crippen LogP contribution in [-0.4, -0.2) is 66.9 Å². The molecule has 0 unspecified atom stereocenters. The summed E-state index contributed by atoms with van der Waals surface area (Å²) in [6.07, 6.45) is 6.93. The molecule has 2 saturated heterocycles. The van der Waals surface area contributed by atoms with Crippen LogP contribution >= 0.6 is 0 Å². The zero-order valence-corrected chi connectivity index (χ0v) is 18.2. The summed E-state index contributed by atoms with van der Waals surface area (Å²) < 4.78 is 37.6. The van der Waals surface area contributed by atoms with Crippen molar-refractivity contribution in [3.05, 3.63) is 47.6 Å². The Kier molecular flexibility index (Phi) is 6.99. The molecule has 0 spiro atoms. The fraction of sp³-hybridized carbons (Fsp3) is 0.571. The van der Waals surface area contributed by atoms with E-state index in [9.17, 15) is 13.2 Å². The third-order valence-corrected chi connectivity index (χ3v) is 7.78. The maximum Gasteiger partial charge on any atom is 0.290 e. The zero-order chi connectivity index (χ0) is 21.7. The first-order valence-electron chi connectivity index (χ1n) is 10.7. The zero-order valence-electron chi connectivity index (χ0n) is 17.4. The van der Waals surface area contributed by atoms with E-state index in [1.807, 2.05) is 12.1 Å². The molecule has 1 N–H and O–H groups in total. The van der Waals surface area contributed by atoms with Crippen LogP contribution in [0.5, 0.6) is 0 Å². The van der Waals surface area contributed by atoms with Crippen molar-refractivity contribution in [2.45, 2.75) is 44.1 Å².